The Morgan fingerprint density at radius 2 is 1.24 bits per heavy atom. The lowest BCUT2D eigenvalue weighted by Crippen LogP contribution is -2.21. The summed E-state index contributed by atoms with van der Waals surface area (Å²) in [7, 11) is 0. The molecule has 17 heavy (non-hydrogen) atoms. The number of hydrogen-bond acceptors (Lipinski definition) is 6. The fraction of sp³-hybridized carbons (Fsp3) is 0.727. The fourth-order valence-electron chi connectivity index (χ4n) is 1.05. The maximum Gasteiger partial charge on any atom is 0.302 e. The largest absolute Gasteiger partial charge is 0.466 e. The van der Waals surface area contributed by atoms with E-state index in [2.05, 4.69) is 0 Å². The first-order chi connectivity index (χ1) is 7.91. The van der Waals surface area contributed by atoms with Gasteiger partial charge in [0.25, 0.3) is 0 Å². The molecule has 0 aliphatic rings. The third kappa shape index (κ3) is 10.7. The topological polar surface area (TPSA) is 78.9 Å². The van der Waals surface area contributed by atoms with Gasteiger partial charge in [0.15, 0.2) is 0 Å². The Morgan fingerprint density at radius 3 is 1.59 bits per heavy atom. The lowest BCUT2D eigenvalue weighted by Gasteiger charge is -2.15. The minimum Gasteiger partial charge on any atom is -0.466 e. The highest BCUT2D eigenvalue weighted by Gasteiger charge is 2.13. The van der Waals surface area contributed by atoms with Crippen LogP contribution in [0.15, 0.2) is 0 Å². The SMILES string of the molecule is CC(=O)OCCC(COC(C)=O)COC(C)=O. The predicted molar refractivity (Wildman–Crippen MR) is 58.0 cm³/mol. The van der Waals surface area contributed by atoms with Gasteiger partial charge in [-0.2, -0.15) is 0 Å². The number of carbonyl (C=O) groups is 3. The van der Waals surface area contributed by atoms with Gasteiger partial charge >= 0.3 is 17.9 Å². The number of hydrogen-bond donors (Lipinski definition) is 0. The second-order valence-corrected chi connectivity index (χ2v) is 3.60. The Kier molecular flexibility index (Phi) is 7.75. The molecule has 0 unspecified atom stereocenters. The van der Waals surface area contributed by atoms with Gasteiger partial charge in [0, 0.05) is 26.7 Å². The molecule has 0 spiro atoms. The highest BCUT2D eigenvalue weighted by molar-refractivity contribution is 5.66. The minimum atomic E-state index is -0.398. The van der Waals surface area contributed by atoms with Crippen molar-refractivity contribution in [2.45, 2.75) is 27.2 Å². The van der Waals surface area contributed by atoms with E-state index in [9.17, 15) is 14.4 Å². The highest BCUT2D eigenvalue weighted by atomic mass is 16.5. The monoisotopic (exact) mass is 246 g/mol. The van der Waals surface area contributed by atoms with Crippen molar-refractivity contribution in [3.05, 3.63) is 0 Å². The number of ether oxygens (including phenoxy) is 3. The Morgan fingerprint density at radius 1 is 0.824 bits per heavy atom. The molecule has 0 N–H and O–H groups in total. The van der Waals surface area contributed by atoms with E-state index in [-0.39, 0.29) is 31.7 Å². The first-order valence-electron chi connectivity index (χ1n) is 5.32. The van der Waals surface area contributed by atoms with Gasteiger partial charge in [-0.05, 0) is 6.42 Å². The van der Waals surface area contributed by atoms with Gasteiger partial charge in [-0.15, -0.1) is 0 Å². The molecule has 0 saturated heterocycles. The maximum absolute atomic E-state index is 10.7. The summed E-state index contributed by atoms with van der Waals surface area (Å²) in [5.74, 6) is -1.33. The minimum absolute atomic E-state index is 0.143. The average molecular weight is 246 g/mol. The second kappa shape index (κ2) is 8.55. The molecule has 0 saturated carbocycles. The molecule has 0 bridgehead atoms. The van der Waals surface area contributed by atoms with Crippen molar-refractivity contribution in [1.29, 1.82) is 0 Å². The molecular formula is C11H18O6. The predicted octanol–water partition coefficient (Wildman–Crippen LogP) is 0.682. The molecule has 0 aromatic carbocycles. The van der Waals surface area contributed by atoms with Crippen molar-refractivity contribution in [3.63, 3.8) is 0 Å². The van der Waals surface area contributed by atoms with Crippen molar-refractivity contribution in [3.8, 4) is 0 Å². The average Bonchev–Trinajstić information content (AvgIpc) is 2.20. The Balaban J connectivity index is 3.95. The van der Waals surface area contributed by atoms with Crippen LogP contribution < -0.4 is 0 Å². The molecule has 0 aliphatic heterocycles. The van der Waals surface area contributed by atoms with Crippen LogP contribution in [-0.2, 0) is 28.6 Å². The molecule has 0 radical (unpaired) electrons. The van der Waals surface area contributed by atoms with Crippen molar-refractivity contribution >= 4 is 17.9 Å². The molecule has 0 rings (SSSR count). The summed E-state index contributed by atoms with van der Waals surface area (Å²) in [6, 6.07) is 0. The molecule has 98 valence electrons. The fourth-order valence-corrected chi connectivity index (χ4v) is 1.05. The van der Waals surface area contributed by atoms with E-state index in [1.165, 1.54) is 20.8 Å². The van der Waals surface area contributed by atoms with Crippen LogP contribution in [0.2, 0.25) is 0 Å². The standard InChI is InChI=1S/C11H18O6/c1-8(12)15-5-4-11(6-16-9(2)13)7-17-10(3)14/h11H,4-7H2,1-3H3. The lowest BCUT2D eigenvalue weighted by molar-refractivity contribution is -0.149. The Bertz CT molecular complexity index is 255. The molecule has 0 fully saturated rings. The molecule has 0 heterocycles. The number of esters is 3. The quantitative estimate of drug-likeness (QED) is 0.485. The zero-order valence-corrected chi connectivity index (χ0v) is 10.4. The molecule has 0 aliphatic carbocycles. The van der Waals surface area contributed by atoms with Crippen LogP contribution in [0, 0.1) is 5.92 Å². The highest BCUT2D eigenvalue weighted by Crippen LogP contribution is 2.06. The van der Waals surface area contributed by atoms with E-state index in [0.717, 1.165) is 0 Å². The van der Waals surface area contributed by atoms with E-state index in [0.29, 0.717) is 6.42 Å². The number of rotatable bonds is 7. The van der Waals surface area contributed by atoms with Gasteiger partial charge in [-0.25, -0.2) is 0 Å². The zero-order valence-electron chi connectivity index (χ0n) is 10.4. The van der Waals surface area contributed by atoms with Gasteiger partial charge in [0.1, 0.15) is 0 Å². The van der Waals surface area contributed by atoms with Gasteiger partial charge in [-0.3, -0.25) is 14.4 Å². The first-order valence-corrected chi connectivity index (χ1v) is 5.32. The van der Waals surface area contributed by atoms with Crippen LogP contribution >= 0.6 is 0 Å². The van der Waals surface area contributed by atoms with Crippen molar-refractivity contribution in [2.75, 3.05) is 19.8 Å². The number of carbonyl (C=O) groups excluding carboxylic acids is 3. The molecule has 0 aromatic heterocycles. The van der Waals surface area contributed by atoms with Crippen LogP contribution in [0.4, 0.5) is 0 Å². The summed E-state index contributed by atoms with van der Waals surface area (Å²) >= 11 is 0. The Hall–Kier alpha value is -1.59. The van der Waals surface area contributed by atoms with Gasteiger partial charge in [0.05, 0.1) is 19.8 Å². The van der Waals surface area contributed by atoms with Crippen LogP contribution in [0.5, 0.6) is 0 Å². The van der Waals surface area contributed by atoms with Crippen LogP contribution in [0.3, 0.4) is 0 Å². The summed E-state index contributed by atoms with van der Waals surface area (Å²) in [5, 5.41) is 0. The lowest BCUT2D eigenvalue weighted by atomic mass is 10.1. The maximum atomic E-state index is 10.7. The molecule has 0 atom stereocenters. The van der Waals surface area contributed by atoms with E-state index in [1.54, 1.807) is 0 Å². The van der Waals surface area contributed by atoms with E-state index < -0.39 is 11.9 Å². The molecular weight excluding hydrogens is 228 g/mol. The van der Waals surface area contributed by atoms with Crippen molar-refractivity contribution in [1.82, 2.24) is 0 Å². The molecule has 0 amide bonds. The van der Waals surface area contributed by atoms with Crippen LogP contribution in [0.25, 0.3) is 0 Å². The smallest absolute Gasteiger partial charge is 0.302 e. The van der Waals surface area contributed by atoms with E-state index >= 15 is 0 Å². The summed E-state index contributed by atoms with van der Waals surface area (Å²) in [6.45, 7) is 4.41. The Labute approximate surface area is 100 Å². The van der Waals surface area contributed by atoms with E-state index in [4.69, 9.17) is 14.2 Å². The normalized spacial score (nSPS) is 9.88. The molecule has 6 heteroatoms. The van der Waals surface area contributed by atoms with Crippen LogP contribution in [-0.4, -0.2) is 37.7 Å². The van der Waals surface area contributed by atoms with Crippen molar-refractivity contribution in [2.24, 2.45) is 5.92 Å². The summed E-state index contributed by atoms with van der Waals surface area (Å²) < 4.78 is 14.4. The third-order valence-electron chi connectivity index (χ3n) is 1.88. The van der Waals surface area contributed by atoms with Crippen LogP contribution in [0.1, 0.15) is 27.2 Å². The molecule has 0 aromatic rings. The molecule has 6 nitrogen and oxygen atoms in total. The van der Waals surface area contributed by atoms with E-state index in [1.807, 2.05) is 0 Å². The second-order valence-electron chi connectivity index (χ2n) is 3.60. The summed E-state index contributed by atoms with van der Waals surface area (Å²) in [6.07, 6.45) is 0.472. The third-order valence-corrected chi connectivity index (χ3v) is 1.88. The first kappa shape index (κ1) is 15.4. The van der Waals surface area contributed by atoms with Gasteiger partial charge in [0.2, 0.25) is 0 Å². The van der Waals surface area contributed by atoms with Gasteiger partial charge in [-0.1, -0.05) is 0 Å². The summed E-state index contributed by atoms with van der Waals surface area (Å²) in [4.78, 5) is 31.9. The van der Waals surface area contributed by atoms with Gasteiger partial charge < -0.3 is 14.2 Å². The zero-order chi connectivity index (χ0) is 13.3. The van der Waals surface area contributed by atoms with Crippen molar-refractivity contribution < 1.29 is 28.6 Å². The summed E-state index contributed by atoms with van der Waals surface area (Å²) in [5.41, 5.74) is 0.